The minimum atomic E-state index is -0.197. The van der Waals surface area contributed by atoms with E-state index >= 15 is 0 Å². The van der Waals surface area contributed by atoms with Crippen molar-refractivity contribution in [1.29, 1.82) is 5.26 Å². The zero-order chi connectivity index (χ0) is 17.8. The summed E-state index contributed by atoms with van der Waals surface area (Å²) in [6, 6.07) is 7.32. The summed E-state index contributed by atoms with van der Waals surface area (Å²) < 4.78 is 8.02. The van der Waals surface area contributed by atoms with Crippen molar-refractivity contribution in [3.8, 4) is 17.7 Å². The number of furan rings is 1. The van der Waals surface area contributed by atoms with Crippen LogP contribution in [0.2, 0.25) is 0 Å². The smallest absolute Gasteiger partial charge is 0.235 e. The van der Waals surface area contributed by atoms with Gasteiger partial charge >= 0.3 is 0 Å². The Morgan fingerprint density at radius 1 is 1.48 bits per heavy atom. The molecule has 128 valence electrons. The lowest BCUT2D eigenvalue weighted by molar-refractivity contribution is -0.113. The molecule has 3 heterocycles. The van der Waals surface area contributed by atoms with E-state index in [1.807, 2.05) is 23.6 Å². The van der Waals surface area contributed by atoms with Crippen LogP contribution in [0.25, 0.3) is 11.6 Å². The second-order valence-corrected chi connectivity index (χ2v) is 7.41. The van der Waals surface area contributed by atoms with Crippen LogP contribution >= 0.6 is 39.0 Å². The normalized spacial score (nSPS) is 10.6. The van der Waals surface area contributed by atoms with Crippen molar-refractivity contribution in [2.24, 2.45) is 0 Å². The second kappa shape index (κ2) is 7.86. The zero-order valence-corrected chi connectivity index (χ0v) is 16.2. The minimum absolute atomic E-state index is 0.169. The van der Waals surface area contributed by atoms with Gasteiger partial charge in [-0.3, -0.25) is 9.36 Å². The van der Waals surface area contributed by atoms with Crippen molar-refractivity contribution in [1.82, 2.24) is 14.8 Å². The molecule has 10 heteroatoms. The van der Waals surface area contributed by atoms with Crippen LogP contribution in [0, 0.1) is 11.3 Å². The summed E-state index contributed by atoms with van der Waals surface area (Å²) in [4.78, 5) is 12.1. The fourth-order valence-electron chi connectivity index (χ4n) is 2.08. The van der Waals surface area contributed by atoms with Gasteiger partial charge in [0, 0.05) is 6.54 Å². The molecule has 3 aromatic heterocycles. The molecular formula is C15H12BrN5O2S2. The monoisotopic (exact) mass is 437 g/mol. The predicted octanol–water partition coefficient (Wildman–Crippen LogP) is 3.98. The summed E-state index contributed by atoms with van der Waals surface area (Å²) in [5.41, 5.74) is 0.464. The number of nitrogens with one attached hydrogen (secondary N) is 1. The quantitative estimate of drug-likeness (QED) is 0.585. The fourth-order valence-corrected chi connectivity index (χ4v) is 3.95. The number of anilines is 1. The topological polar surface area (TPSA) is 96.7 Å². The Bertz CT molecular complexity index is 940. The molecular weight excluding hydrogens is 426 g/mol. The van der Waals surface area contributed by atoms with Gasteiger partial charge in [-0.2, -0.15) is 5.26 Å². The first-order valence-corrected chi connectivity index (χ1v) is 9.87. The Morgan fingerprint density at radius 3 is 3.00 bits per heavy atom. The Morgan fingerprint density at radius 2 is 2.32 bits per heavy atom. The number of hydrogen-bond acceptors (Lipinski definition) is 7. The number of carbonyl (C=O) groups is 1. The van der Waals surface area contributed by atoms with Crippen LogP contribution in [-0.4, -0.2) is 26.4 Å². The van der Waals surface area contributed by atoms with E-state index in [1.165, 1.54) is 23.1 Å². The van der Waals surface area contributed by atoms with Gasteiger partial charge in [0.05, 0.1) is 11.3 Å². The molecule has 0 radical (unpaired) electrons. The van der Waals surface area contributed by atoms with E-state index in [4.69, 9.17) is 9.68 Å². The number of hydrogen-bond donors (Lipinski definition) is 1. The van der Waals surface area contributed by atoms with Gasteiger partial charge in [-0.05, 0) is 46.4 Å². The standard InChI is InChI=1S/C15H12BrN5O2S2/c1-2-21-13(10-3-4-11(16)23-10)19-20-15(21)25-8-12(22)18-14-9(7-17)5-6-24-14/h3-6H,2,8H2,1H3,(H,18,22). The van der Waals surface area contributed by atoms with Crippen LogP contribution in [0.4, 0.5) is 5.00 Å². The van der Waals surface area contributed by atoms with Crippen LogP contribution in [-0.2, 0) is 11.3 Å². The van der Waals surface area contributed by atoms with Gasteiger partial charge in [-0.1, -0.05) is 11.8 Å². The maximum atomic E-state index is 12.1. The maximum absolute atomic E-state index is 12.1. The summed E-state index contributed by atoms with van der Waals surface area (Å²) in [6.45, 7) is 2.62. The first-order valence-electron chi connectivity index (χ1n) is 7.21. The van der Waals surface area contributed by atoms with Gasteiger partial charge < -0.3 is 9.73 Å². The van der Waals surface area contributed by atoms with Gasteiger partial charge in [0.2, 0.25) is 11.7 Å². The summed E-state index contributed by atoms with van der Waals surface area (Å²) in [7, 11) is 0. The number of nitriles is 1. The van der Waals surface area contributed by atoms with Crippen molar-refractivity contribution in [3.05, 3.63) is 33.8 Å². The van der Waals surface area contributed by atoms with E-state index in [2.05, 4.69) is 31.4 Å². The number of rotatable bonds is 6. The first-order chi connectivity index (χ1) is 12.1. The van der Waals surface area contributed by atoms with Crippen LogP contribution in [0.5, 0.6) is 0 Å². The number of halogens is 1. The lowest BCUT2D eigenvalue weighted by atomic mass is 10.3. The van der Waals surface area contributed by atoms with Crippen molar-refractivity contribution < 1.29 is 9.21 Å². The molecule has 3 rings (SSSR count). The molecule has 0 spiro atoms. The van der Waals surface area contributed by atoms with E-state index in [0.717, 1.165) is 0 Å². The molecule has 0 unspecified atom stereocenters. The molecule has 0 atom stereocenters. The van der Waals surface area contributed by atoms with Gasteiger partial charge in [0.25, 0.3) is 0 Å². The lowest BCUT2D eigenvalue weighted by Crippen LogP contribution is -2.14. The Hall–Kier alpha value is -2.09. The third-order valence-electron chi connectivity index (χ3n) is 3.20. The number of carbonyl (C=O) groups excluding carboxylic acids is 1. The van der Waals surface area contributed by atoms with E-state index in [9.17, 15) is 4.79 Å². The highest BCUT2D eigenvalue weighted by atomic mass is 79.9. The fraction of sp³-hybridized carbons (Fsp3) is 0.200. The first kappa shape index (κ1) is 17.7. The average molecular weight is 438 g/mol. The highest BCUT2D eigenvalue weighted by Gasteiger charge is 2.17. The number of nitrogens with zero attached hydrogens (tertiary/aromatic N) is 4. The zero-order valence-electron chi connectivity index (χ0n) is 13.0. The van der Waals surface area contributed by atoms with Gasteiger partial charge in [-0.25, -0.2) is 0 Å². The molecule has 0 saturated carbocycles. The van der Waals surface area contributed by atoms with Crippen molar-refractivity contribution in [3.63, 3.8) is 0 Å². The van der Waals surface area contributed by atoms with Crippen LogP contribution in [0.3, 0.4) is 0 Å². The molecule has 0 aliphatic carbocycles. The molecule has 0 aromatic carbocycles. The highest BCUT2D eigenvalue weighted by Crippen LogP contribution is 2.28. The van der Waals surface area contributed by atoms with Crippen molar-refractivity contribution >= 4 is 49.9 Å². The number of amides is 1. The minimum Gasteiger partial charge on any atom is -0.446 e. The Kier molecular flexibility index (Phi) is 5.57. The second-order valence-electron chi connectivity index (χ2n) is 4.77. The molecule has 0 aliphatic heterocycles. The van der Waals surface area contributed by atoms with Gasteiger partial charge in [0.1, 0.15) is 11.1 Å². The van der Waals surface area contributed by atoms with Crippen molar-refractivity contribution in [2.75, 3.05) is 11.1 Å². The van der Waals surface area contributed by atoms with Crippen molar-refractivity contribution in [2.45, 2.75) is 18.6 Å². The molecule has 7 nitrogen and oxygen atoms in total. The Labute approximate surface area is 160 Å². The predicted molar refractivity (Wildman–Crippen MR) is 99.5 cm³/mol. The summed E-state index contributed by atoms with van der Waals surface area (Å²) in [5, 5.41) is 23.0. The van der Waals surface area contributed by atoms with Crippen LogP contribution < -0.4 is 5.32 Å². The number of thioether (sulfide) groups is 1. The molecule has 0 fully saturated rings. The summed E-state index contributed by atoms with van der Waals surface area (Å²) >= 11 is 5.87. The average Bonchev–Trinajstić information content (AvgIpc) is 3.31. The molecule has 1 N–H and O–H groups in total. The van der Waals surface area contributed by atoms with Gasteiger partial charge in [0.15, 0.2) is 15.6 Å². The Balaban J connectivity index is 1.68. The van der Waals surface area contributed by atoms with Crippen LogP contribution in [0.1, 0.15) is 12.5 Å². The molecule has 0 aliphatic rings. The van der Waals surface area contributed by atoms with E-state index in [1.54, 1.807) is 17.5 Å². The molecule has 25 heavy (non-hydrogen) atoms. The summed E-state index contributed by atoms with van der Waals surface area (Å²) in [6.07, 6.45) is 0. The molecule has 0 saturated heterocycles. The maximum Gasteiger partial charge on any atom is 0.235 e. The van der Waals surface area contributed by atoms with E-state index in [0.29, 0.717) is 38.5 Å². The summed E-state index contributed by atoms with van der Waals surface area (Å²) in [5.74, 6) is 1.19. The largest absolute Gasteiger partial charge is 0.446 e. The molecule has 1 amide bonds. The lowest BCUT2D eigenvalue weighted by Gasteiger charge is -2.06. The highest BCUT2D eigenvalue weighted by molar-refractivity contribution is 9.10. The van der Waals surface area contributed by atoms with E-state index in [-0.39, 0.29) is 11.7 Å². The third kappa shape index (κ3) is 3.95. The SMILES string of the molecule is CCn1c(SCC(=O)Nc2sccc2C#N)nnc1-c1ccc(Br)o1. The number of aromatic nitrogens is 3. The molecule has 0 bridgehead atoms. The van der Waals surface area contributed by atoms with E-state index < -0.39 is 0 Å². The third-order valence-corrected chi connectivity index (χ3v) is 5.42. The molecule has 3 aromatic rings. The number of thiophene rings is 1. The van der Waals surface area contributed by atoms with Gasteiger partial charge in [-0.15, -0.1) is 21.5 Å². The van der Waals surface area contributed by atoms with Crippen LogP contribution in [0.15, 0.2) is 37.8 Å².